The lowest BCUT2D eigenvalue weighted by Crippen LogP contribution is -2.36. The van der Waals surface area contributed by atoms with E-state index in [1.807, 2.05) is 38.1 Å². The van der Waals surface area contributed by atoms with Crippen molar-refractivity contribution in [3.63, 3.8) is 0 Å². The van der Waals surface area contributed by atoms with Crippen molar-refractivity contribution in [3.05, 3.63) is 66.4 Å². The third-order valence-corrected chi connectivity index (χ3v) is 5.98. The first-order chi connectivity index (χ1) is 17.6. The van der Waals surface area contributed by atoms with Crippen LogP contribution in [0.2, 0.25) is 0 Å². The fourth-order valence-corrected chi connectivity index (χ4v) is 4.15. The molecule has 2 N–H and O–H groups in total. The number of aromatic nitrogens is 4. The van der Waals surface area contributed by atoms with E-state index >= 15 is 0 Å². The van der Waals surface area contributed by atoms with E-state index < -0.39 is 6.23 Å². The summed E-state index contributed by atoms with van der Waals surface area (Å²) in [5.41, 5.74) is 5.68. The third kappa shape index (κ3) is 5.14. The predicted molar refractivity (Wildman–Crippen MR) is 135 cm³/mol. The minimum absolute atomic E-state index is 0.391. The summed E-state index contributed by atoms with van der Waals surface area (Å²) in [6, 6.07) is 11.4. The maximum Gasteiger partial charge on any atom is 0.247 e. The minimum atomic E-state index is -0.965. The van der Waals surface area contributed by atoms with Gasteiger partial charge in [-0.1, -0.05) is 12.1 Å². The highest BCUT2D eigenvalue weighted by Gasteiger charge is 2.19. The van der Waals surface area contributed by atoms with Gasteiger partial charge in [0, 0.05) is 47.2 Å². The normalized spacial score (nSPS) is 14.5. The molecule has 186 valence electrons. The topological polar surface area (TPSA) is 119 Å². The lowest BCUT2D eigenvalue weighted by Gasteiger charge is -2.30. The number of benzene rings is 1. The average Bonchev–Trinajstić information content (AvgIpc) is 3.46. The number of nitrogens with zero attached hydrogens (tertiary/aromatic N) is 5. The molecule has 1 aliphatic rings. The first-order valence-electron chi connectivity index (χ1n) is 11.9. The molecular formula is C26H28N6O4. The van der Waals surface area contributed by atoms with Crippen molar-refractivity contribution in [3.8, 4) is 28.5 Å². The van der Waals surface area contributed by atoms with Gasteiger partial charge in [-0.3, -0.25) is 4.98 Å². The van der Waals surface area contributed by atoms with Crippen LogP contribution in [0, 0.1) is 6.92 Å². The van der Waals surface area contributed by atoms with Crippen molar-refractivity contribution in [2.75, 3.05) is 43.1 Å². The van der Waals surface area contributed by atoms with E-state index in [-0.39, 0.29) is 0 Å². The van der Waals surface area contributed by atoms with Crippen LogP contribution in [-0.4, -0.2) is 58.2 Å². The SMILES string of the molecule is CCOc1ncc(-c2cc(NC(O)c3cccc(-c4nnco4)c3)cnc2C)cc1N1CCOCC1. The molecule has 3 aromatic heterocycles. The summed E-state index contributed by atoms with van der Waals surface area (Å²) in [4.78, 5) is 11.4. The zero-order valence-corrected chi connectivity index (χ0v) is 20.2. The number of pyridine rings is 2. The largest absolute Gasteiger partial charge is 0.476 e. The molecule has 0 bridgehead atoms. The van der Waals surface area contributed by atoms with Gasteiger partial charge in [0.2, 0.25) is 18.2 Å². The molecule has 5 rings (SSSR count). The number of aliphatic hydroxyl groups excluding tert-OH is 1. The van der Waals surface area contributed by atoms with Gasteiger partial charge in [0.1, 0.15) is 5.69 Å². The molecule has 0 amide bonds. The highest BCUT2D eigenvalue weighted by atomic mass is 16.5. The van der Waals surface area contributed by atoms with E-state index in [1.54, 1.807) is 18.5 Å². The number of hydrogen-bond acceptors (Lipinski definition) is 10. The summed E-state index contributed by atoms with van der Waals surface area (Å²) >= 11 is 0. The molecular weight excluding hydrogens is 460 g/mol. The second-order valence-electron chi connectivity index (χ2n) is 8.35. The van der Waals surface area contributed by atoms with Crippen LogP contribution >= 0.6 is 0 Å². The predicted octanol–water partition coefficient (Wildman–Crippen LogP) is 3.84. The Morgan fingerprint density at radius 2 is 1.97 bits per heavy atom. The lowest BCUT2D eigenvalue weighted by molar-refractivity contribution is 0.122. The minimum Gasteiger partial charge on any atom is -0.476 e. The summed E-state index contributed by atoms with van der Waals surface area (Å²) in [6.45, 7) is 7.33. The molecule has 1 atom stereocenters. The summed E-state index contributed by atoms with van der Waals surface area (Å²) in [5.74, 6) is 1.00. The van der Waals surface area contributed by atoms with Crippen LogP contribution in [0.5, 0.6) is 5.88 Å². The molecule has 1 fully saturated rings. The quantitative estimate of drug-likeness (QED) is 0.354. The van der Waals surface area contributed by atoms with Crippen molar-refractivity contribution >= 4 is 11.4 Å². The smallest absolute Gasteiger partial charge is 0.247 e. The van der Waals surface area contributed by atoms with Gasteiger partial charge in [0.05, 0.1) is 31.7 Å². The number of hydrogen-bond donors (Lipinski definition) is 2. The van der Waals surface area contributed by atoms with E-state index in [0.29, 0.717) is 42.8 Å². The van der Waals surface area contributed by atoms with Crippen LogP contribution in [0.3, 0.4) is 0 Å². The van der Waals surface area contributed by atoms with Gasteiger partial charge in [0.15, 0.2) is 6.23 Å². The maximum atomic E-state index is 10.9. The van der Waals surface area contributed by atoms with Crippen LogP contribution in [0.15, 0.2) is 59.6 Å². The number of nitrogens with one attached hydrogen (secondary N) is 1. The number of morpholine rings is 1. The van der Waals surface area contributed by atoms with E-state index in [9.17, 15) is 5.11 Å². The Labute approximate surface area is 208 Å². The van der Waals surface area contributed by atoms with Gasteiger partial charge in [-0.2, -0.15) is 0 Å². The van der Waals surface area contributed by atoms with Crippen LogP contribution < -0.4 is 15.0 Å². The maximum absolute atomic E-state index is 10.9. The zero-order chi connectivity index (χ0) is 24.9. The molecule has 0 aliphatic carbocycles. The molecule has 0 radical (unpaired) electrons. The molecule has 1 aliphatic heterocycles. The van der Waals surface area contributed by atoms with Gasteiger partial charge >= 0.3 is 0 Å². The van der Waals surface area contributed by atoms with Crippen LogP contribution in [0.4, 0.5) is 11.4 Å². The Hall–Kier alpha value is -4.02. The molecule has 4 heterocycles. The van der Waals surface area contributed by atoms with Crippen LogP contribution in [0.1, 0.15) is 24.4 Å². The van der Waals surface area contributed by atoms with Crippen molar-refractivity contribution in [2.24, 2.45) is 0 Å². The van der Waals surface area contributed by atoms with Crippen molar-refractivity contribution < 1.29 is 19.0 Å². The Morgan fingerprint density at radius 3 is 2.75 bits per heavy atom. The number of ether oxygens (including phenoxy) is 2. The van der Waals surface area contributed by atoms with E-state index in [1.165, 1.54) is 6.39 Å². The monoisotopic (exact) mass is 488 g/mol. The van der Waals surface area contributed by atoms with Crippen molar-refractivity contribution in [1.82, 2.24) is 20.2 Å². The van der Waals surface area contributed by atoms with Crippen LogP contribution in [0.25, 0.3) is 22.6 Å². The number of aryl methyl sites for hydroxylation is 1. The average molecular weight is 489 g/mol. The Morgan fingerprint density at radius 1 is 1.11 bits per heavy atom. The highest BCUT2D eigenvalue weighted by Crippen LogP contribution is 2.34. The van der Waals surface area contributed by atoms with Crippen LogP contribution in [-0.2, 0) is 4.74 Å². The Kier molecular flexibility index (Phi) is 7.06. The highest BCUT2D eigenvalue weighted by molar-refractivity contribution is 5.74. The summed E-state index contributed by atoms with van der Waals surface area (Å²) < 4.78 is 16.6. The first-order valence-corrected chi connectivity index (χ1v) is 11.9. The lowest BCUT2D eigenvalue weighted by atomic mass is 10.0. The molecule has 0 saturated carbocycles. The molecule has 0 spiro atoms. The van der Waals surface area contributed by atoms with E-state index in [4.69, 9.17) is 13.9 Å². The number of aliphatic hydroxyl groups is 1. The van der Waals surface area contributed by atoms with Gasteiger partial charge in [-0.15, -0.1) is 10.2 Å². The third-order valence-electron chi connectivity index (χ3n) is 5.98. The van der Waals surface area contributed by atoms with E-state index in [0.717, 1.165) is 41.2 Å². The Bertz CT molecular complexity index is 1310. The molecule has 4 aromatic rings. The van der Waals surface area contributed by atoms with Crippen molar-refractivity contribution in [1.29, 1.82) is 0 Å². The fraction of sp³-hybridized carbons (Fsp3) is 0.308. The fourth-order valence-electron chi connectivity index (χ4n) is 4.15. The van der Waals surface area contributed by atoms with Gasteiger partial charge in [0.25, 0.3) is 0 Å². The van der Waals surface area contributed by atoms with E-state index in [2.05, 4.69) is 36.4 Å². The molecule has 36 heavy (non-hydrogen) atoms. The van der Waals surface area contributed by atoms with Gasteiger partial charge in [-0.05, 0) is 38.1 Å². The summed E-state index contributed by atoms with van der Waals surface area (Å²) in [6.07, 6.45) is 3.81. The molecule has 1 aromatic carbocycles. The first kappa shape index (κ1) is 23.7. The van der Waals surface area contributed by atoms with Gasteiger partial charge < -0.3 is 29.2 Å². The Balaban J connectivity index is 1.41. The van der Waals surface area contributed by atoms with Gasteiger partial charge in [-0.25, -0.2) is 4.98 Å². The second-order valence-corrected chi connectivity index (χ2v) is 8.35. The summed E-state index contributed by atoms with van der Waals surface area (Å²) in [5, 5.41) is 21.7. The number of anilines is 2. The summed E-state index contributed by atoms with van der Waals surface area (Å²) in [7, 11) is 0. The molecule has 10 nitrogen and oxygen atoms in total. The zero-order valence-electron chi connectivity index (χ0n) is 20.2. The van der Waals surface area contributed by atoms with Crippen molar-refractivity contribution in [2.45, 2.75) is 20.1 Å². The molecule has 1 unspecified atom stereocenters. The molecule has 1 saturated heterocycles. The molecule has 10 heteroatoms. The second kappa shape index (κ2) is 10.7. The number of rotatable bonds is 8. The standard InChI is InChI=1S/C26H28N6O4/c1-3-35-26-23(32-7-9-34-10-8-32)12-20(14-28-26)22-13-21(15-27-17(22)2)30-24(33)18-5-4-6-19(11-18)25-31-29-16-36-25/h4-6,11-16,24,30,33H,3,7-10H2,1-2H3.